The van der Waals surface area contributed by atoms with E-state index in [0.29, 0.717) is 12.2 Å². The Hall–Kier alpha value is -1.19. The van der Waals surface area contributed by atoms with Gasteiger partial charge in [0, 0.05) is 0 Å². The summed E-state index contributed by atoms with van der Waals surface area (Å²) in [6.07, 6.45) is 2.12. The molecule has 1 rings (SSSR count). The first-order valence-corrected chi connectivity index (χ1v) is 2.12. The Morgan fingerprint density at radius 1 is 1.88 bits per heavy atom. The van der Waals surface area contributed by atoms with Gasteiger partial charge in [-0.25, -0.2) is 0 Å². The van der Waals surface area contributed by atoms with Gasteiger partial charge in [-0.2, -0.15) is 0 Å². The highest BCUT2D eigenvalue weighted by Crippen LogP contribution is 1.87. The minimum absolute atomic E-state index is 0.208. The van der Waals surface area contributed by atoms with E-state index in [1.165, 1.54) is 6.39 Å². The number of hydrogen-bond acceptors (Lipinski definition) is 4. The summed E-state index contributed by atoms with van der Waals surface area (Å²) in [7, 11) is 0. The second kappa shape index (κ2) is 2.20. The highest BCUT2D eigenvalue weighted by Gasteiger charge is 1.92. The van der Waals surface area contributed by atoms with Crippen molar-refractivity contribution in [3.63, 3.8) is 0 Å². The average Bonchev–Trinajstić information content (AvgIpc) is 2.19. The topological polar surface area (TPSA) is 56.0 Å². The molecule has 42 valence electrons. The van der Waals surface area contributed by atoms with Crippen LogP contribution in [-0.2, 0) is 11.2 Å². The number of carbonyl (C=O) groups excluding carboxylic acids is 1. The van der Waals surface area contributed by atoms with Crippen LogP contribution in [0.2, 0.25) is 0 Å². The third-order valence-electron chi connectivity index (χ3n) is 0.663. The second-order valence-corrected chi connectivity index (χ2v) is 1.20. The fraction of sp³-hybridized carbons (Fsp3) is 0.250. The fourth-order valence-corrected chi connectivity index (χ4v) is 0.356. The first-order chi connectivity index (χ1) is 3.93. The van der Waals surface area contributed by atoms with Gasteiger partial charge in [0.25, 0.3) is 0 Å². The lowest BCUT2D eigenvalue weighted by atomic mass is 10.5. The minimum atomic E-state index is 0.208. The van der Waals surface area contributed by atoms with Gasteiger partial charge in [-0.3, -0.25) is 0 Å². The molecular formula is C4H4N2O2. The van der Waals surface area contributed by atoms with Gasteiger partial charge in [-0.05, 0) is 0 Å². The standard InChI is InChI=1S/C4H4N2O2/c7-2-1-4-6-5-3-8-4/h2-3H,1H2. The summed E-state index contributed by atoms with van der Waals surface area (Å²) in [6, 6.07) is 0. The van der Waals surface area contributed by atoms with Crippen LogP contribution in [0.25, 0.3) is 0 Å². The van der Waals surface area contributed by atoms with Crippen molar-refractivity contribution >= 4 is 6.29 Å². The maximum atomic E-state index is 9.74. The van der Waals surface area contributed by atoms with Gasteiger partial charge in [-0.15, -0.1) is 10.2 Å². The number of aldehydes is 1. The number of rotatable bonds is 2. The van der Waals surface area contributed by atoms with Crippen molar-refractivity contribution in [2.45, 2.75) is 6.42 Å². The molecule has 0 N–H and O–H groups in total. The van der Waals surface area contributed by atoms with Gasteiger partial charge in [-0.1, -0.05) is 0 Å². The molecule has 1 heterocycles. The summed E-state index contributed by atoms with van der Waals surface area (Å²) in [5.74, 6) is 0.361. The largest absolute Gasteiger partial charge is 0.428 e. The van der Waals surface area contributed by atoms with Crippen LogP contribution < -0.4 is 0 Å². The van der Waals surface area contributed by atoms with Crippen molar-refractivity contribution in [1.29, 1.82) is 0 Å². The maximum absolute atomic E-state index is 9.74. The number of aromatic nitrogens is 2. The lowest BCUT2D eigenvalue weighted by Gasteiger charge is -1.74. The molecule has 0 radical (unpaired) electrons. The van der Waals surface area contributed by atoms with Crippen LogP contribution in [0, 0.1) is 0 Å². The van der Waals surface area contributed by atoms with E-state index in [9.17, 15) is 4.79 Å². The van der Waals surface area contributed by atoms with Crippen LogP contribution in [-0.4, -0.2) is 16.5 Å². The SMILES string of the molecule is O=CCc1nnco1. The van der Waals surface area contributed by atoms with E-state index in [4.69, 9.17) is 0 Å². The van der Waals surface area contributed by atoms with Crippen molar-refractivity contribution < 1.29 is 9.21 Å². The summed E-state index contributed by atoms with van der Waals surface area (Å²) in [4.78, 5) is 9.74. The molecule has 0 spiro atoms. The third-order valence-corrected chi connectivity index (χ3v) is 0.663. The van der Waals surface area contributed by atoms with E-state index < -0.39 is 0 Å². The average molecular weight is 112 g/mol. The van der Waals surface area contributed by atoms with Crippen molar-refractivity contribution in [2.75, 3.05) is 0 Å². The molecular weight excluding hydrogens is 108 g/mol. The molecule has 0 aromatic carbocycles. The Balaban J connectivity index is 2.62. The van der Waals surface area contributed by atoms with Gasteiger partial charge < -0.3 is 9.21 Å². The molecule has 0 aliphatic carbocycles. The van der Waals surface area contributed by atoms with Crippen LogP contribution in [0.15, 0.2) is 10.8 Å². The summed E-state index contributed by atoms with van der Waals surface area (Å²) in [5, 5.41) is 6.82. The summed E-state index contributed by atoms with van der Waals surface area (Å²) in [5.41, 5.74) is 0. The fourth-order valence-electron chi connectivity index (χ4n) is 0.356. The van der Waals surface area contributed by atoms with Crippen LogP contribution in [0.1, 0.15) is 5.89 Å². The Labute approximate surface area is 45.5 Å². The first-order valence-electron chi connectivity index (χ1n) is 2.12. The van der Waals surface area contributed by atoms with Gasteiger partial charge >= 0.3 is 0 Å². The van der Waals surface area contributed by atoms with Crippen molar-refractivity contribution in [3.8, 4) is 0 Å². The number of hydrogen-bond donors (Lipinski definition) is 0. The predicted molar refractivity (Wildman–Crippen MR) is 24.1 cm³/mol. The maximum Gasteiger partial charge on any atom is 0.223 e. The Kier molecular flexibility index (Phi) is 1.37. The van der Waals surface area contributed by atoms with Crippen LogP contribution in [0.5, 0.6) is 0 Å². The summed E-state index contributed by atoms with van der Waals surface area (Å²) in [6.45, 7) is 0. The molecule has 1 aromatic heterocycles. The van der Waals surface area contributed by atoms with E-state index in [1.807, 2.05) is 0 Å². The molecule has 4 nitrogen and oxygen atoms in total. The molecule has 8 heavy (non-hydrogen) atoms. The molecule has 0 saturated heterocycles. The smallest absolute Gasteiger partial charge is 0.223 e. The second-order valence-electron chi connectivity index (χ2n) is 1.20. The van der Waals surface area contributed by atoms with Crippen LogP contribution in [0.4, 0.5) is 0 Å². The number of nitrogens with zero attached hydrogens (tertiary/aromatic N) is 2. The summed E-state index contributed by atoms with van der Waals surface area (Å²) < 4.78 is 4.62. The van der Waals surface area contributed by atoms with E-state index in [0.717, 1.165) is 0 Å². The predicted octanol–water partition coefficient (Wildman–Crippen LogP) is -0.189. The molecule has 0 unspecified atom stereocenters. The molecule has 0 aliphatic heterocycles. The molecule has 0 atom stereocenters. The van der Waals surface area contributed by atoms with Crippen LogP contribution >= 0.6 is 0 Å². The van der Waals surface area contributed by atoms with Gasteiger partial charge in [0.2, 0.25) is 12.3 Å². The Bertz CT molecular complexity index is 159. The third kappa shape index (κ3) is 0.900. The van der Waals surface area contributed by atoms with E-state index in [-0.39, 0.29) is 6.42 Å². The monoisotopic (exact) mass is 112 g/mol. The quantitative estimate of drug-likeness (QED) is 0.497. The Morgan fingerprint density at radius 3 is 3.25 bits per heavy atom. The Morgan fingerprint density at radius 2 is 2.75 bits per heavy atom. The molecule has 0 amide bonds. The van der Waals surface area contributed by atoms with Gasteiger partial charge in [0.15, 0.2) is 0 Å². The van der Waals surface area contributed by atoms with Gasteiger partial charge in [0.1, 0.15) is 6.29 Å². The van der Waals surface area contributed by atoms with Gasteiger partial charge in [0.05, 0.1) is 6.42 Å². The molecule has 0 fully saturated rings. The zero-order valence-electron chi connectivity index (χ0n) is 4.07. The van der Waals surface area contributed by atoms with E-state index in [1.54, 1.807) is 0 Å². The minimum Gasteiger partial charge on any atom is -0.428 e. The van der Waals surface area contributed by atoms with Crippen molar-refractivity contribution in [1.82, 2.24) is 10.2 Å². The highest BCUT2D eigenvalue weighted by atomic mass is 16.4. The van der Waals surface area contributed by atoms with Crippen molar-refractivity contribution in [2.24, 2.45) is 0 Å². The van der Waals surface area contributed by atoms with E-state index in [2.05, 4.69) is 14.6 Å². The molecule has 1 aromatic rings. The zero-order valence-corrected chi connectivity index (χ0v) is 4.07. The number of carbonyl (C=O) groups is 1. The highest BCUT2D eigenvalue weighted by molar-refractivity contribution is 5.51. The lowest BCUT2D eigenvalue weighted by Crippen LogP contribution is -1.83. The van der Waals surface area contributed by atoms with E-state index >= 15 is 0 Å². The zero-order chi connectivity index (χ0) is 5.82. The molecule has 4 heteroatoms. The molecule has 0 saturated carbocycles. The molecule has 0 bridgehead atoms. The first kappa shape index (κ1) is 4.96. The molecule has 0 aliphatic rings. The van der Waals surface area contributed by atoms with Crippen LogP contribution in [0.3, 0.4) is 0 Å². The normalized spacial score (nSPS) is 9.00. The lowest BCUT2D eigenvalue weighted by molar-refractivity contribution is -0.107. The summed E-state index contributed by atoms with van der Waals surface area (Å²) >= 11 is 0. The van der Waals surface area contributed by atoms with Crippen molar-refractivity contribution in [3.05, 3.63) is 12.3 Å².